The van der Waals surface area contributed by atoms with Crippen molar-refractivity contribution in [2.75, 3.05) is 13.1 Å². The molecule has 0 bridgehead atoms. The maximum atomic E-state index is 10.7. The molecule has 1 heterocycles. The van der Waals surface area contributed by atoms with Crippen molar-refractivity contribution in [3.05, 3.63) is 0 Å². The summed E-state index contributed by atoms with van der Waals surface area (Å²) < 4.78 is 0. The summed E-state index contributed by atoms with van der Waals surface area (Å²) in [5.74, 6) is -0.875. The number of carboxylic acid groups (broad SMARTS) is 1. The van der Waals surface area contributed by atoms with E-state index in [1.54, 1.807) is 0 Å². The smallest absolute Gasteiger partial charge is 0.306 e. The topological polar surface area (TPSA) is 52.6 Å². The van der Waals surface area contributed by atoms with Gasteiger partial charge in [0.15, 0.2) is 5.11 Å². The van der Waals surface area contributed by atoms with Crippen molar-refractivity contribution >= 4 is 23.3 Å². The molecule has 4 nitrogen and oxygen atoms in total. The lowest BCUT2D eigenvalue weighted by atomic mass is 9.97. The van der Waals surface area contributed by atoms with E-state index in [0.717, 1.165) is 18.2 Å². The van der Waals surface area contributed by atoms with Gasteiger partial charge in [-0.2, -0.15) is 0 Å². The Morgan fingerprint density at radius 3 is 2.40 bits per heavy atom. The zero-order chi connectivity index (χ0) is 11.4. The molecule has 0 aromatic rings. The van der Waals surface area contributed by atoms with Crippen LogP contribution < -0.4 is 5.32 Å². The molecular weight excluding hydrogens is 212 g/mol. The van der Waals surface area contributed by atoms with E-state index in [-0.39, 0.29) is 5.92 Å². The van der Waals surface area contributed by atoms with Crippen molar-refractivity contribution in [3.63, 3.8) is 0 Å². The van der Waals surface area contributed by atoms with Crippen LogP contribution in [0.5, 0.6) is 0 Å². The third-order valence-electron chi connectivity index (χ3n) is 2.54. The molecule has 0 atom stereocenters. The highest BCUT2D eigenvalue weighted by atomic mass is 32.1. The second-order valence-corrected chi connectivity index (χ2v) is 4.59. The van der Waals surface area contributed by atoms with Crippen molar-refractivity contribution in [1.82, 2.24) is 10.2 Å². The van der Waals surface area contributed by atoms with Gasteiger partial charge in [-0.05, 0) is 38.9 Å². The molecule has 1 saturated heterocycles. The Morgan fingerprint density at radius 1 is 1.47 bits per heavy atom. The summed E-state index contributed by atoms with van der Waals surface area (Å²) in [6, 6.07) is 0.328. The van der Waals surface area contributed by atoms with Gasteiger partial charge in [-0.25, -0.2) is 0 Å². The van der Waals surface area contributed by atoms with Crippen molar-refractivity contribution < 1.29 is 9.90 Å². The molecule has 1 fully saturated rings. The average molecular weight is 230 g/mol. The normalized spacial score (nSPS) is 17.9. The molecule has 15 heavy (non-hydrogen) atoms. The first kappa shape index (κ1) is 12.2. The fourth-order valence-electron chi connectivity index (χ4n) is 1.67. The lowest BCUT2D eigenvalue weighted by molar-refractivity contribution is -0.143. The van der Waals surface area contributed by atoms with Crippen molar-refractivity contribution in [2.24, 2.45) is 5.92 Å². The summed E-state index contributed by atoms with van der Waals surface area (Å²) in [7, 11) is 0. The van der Waals surface area contributed by atoms with Crippen LogP contribution >= 0.6 is 12.2 Å². The number of nitrogens with one attached hydrogen (secondary N) is 1. The monoisotopic (exact) mass is 230 g/mol. The molecular formula is C10H18N2O2S. The molecule has 0 aliphatic carbocycles. The quantitative estimate of drug-likeness (QED) is 0.695. The summed E-state index contributed by atoms with van der Waals surface area (Å²) in [4.78, 5) is 12.8. The molecule has 2 N–H and O–H groups in total. The molecule has 86 valence electrons. The molecule has 0 aromatic carbocycles. The number of thiocarbonyl (C=S) groups is 1. The highest BCUT2D eigenvalue weighted by Crippen LogP contribution is 2.17. The van der Waals surface area contributed by atoms with Crippen LogP contribution in [0.3, 0.4) is 0 Å². The Kier molecular flexibility index (Phi) is 4.32. The average Bonchev–Trinajstić information content (AvgIpc) is 2.17. The molecule has 0 radical (unpaired) electrons. The van der Waals surface area contributed by atoms with Gasteiger partial charge in [0, 0.05) is 19.1 Å². The van der Waals surface area contributed by atoms with Crippen LogP contribution in [-0.4, -0.2) is 40.2 Å². The number of likely N-dealkylation sites (tertiary alicyclic amines) is 1. The third-order valence-corrected chi connectivity index (χ3v) is 2.92. The number of hydrogen-bond donors (Lipinski definition) is 2. The number of nitrogens with zero attached hydrogens (tertiary/aromatic N) is 1. The van der Waals surface area contributed by atoms with Crippen molar-refractivity contribution in [1.29, 1.82) is 0 Å². The Bertz CT molecular complexity index is 248. The van der Waals surface area contributed by atoms with E-state index >= 15 is 0 Å². The number of rotatable bonds is 2. The van der Waals surface area contributed by atoms with E-state index in [1.165, 1.54) is 0 Å². The summed E-state index contributed by atoms with van der Waals surface area (Å²) in [6.07, 6.45) is 1.38. The van der Waals surface area contributed by atoms with Gasteiger partial charge in [-0.1, -0.05) is 0 Å². The van der Waals surface area contributed by atoms with Gasteiger partial charge < -0.3 is 15.3 Å². The van der Waals surface area contributed by atoms with E-state index < -0.39 is 5.97 Å². The summed E-state index contributed by atoms with van der Waals surface area (Å²) in [5, 5.41) is 12.8. The van der Waals surface area contributed by atoms with Gasteiger partial charge in [-0.3, -0.25) is 4.79 Å². The van der Waals surface area contributed by atoms with Crippen LogP contribution in [0.2, 0.25) is 0 Å². The lowest BCUT2D eigenvalue weighted by Gasteiger charge is -2.32. The maximum absolute atomic E-state index is 10.7. The van der Waals surface area contributed by atoms with Crippen LogP contribution in [0.4, 0.5) is 0 Å². The van der Waals surface area contributed by atoms with E-state index in [4.69, 9.17) is 17.3 Å². The third kappa shape index (κ3) is 3.66. The highest BCUT2D eigenvalue weighted by Gasteiger charge is 2.25. The second-order valence-electron chi connectivity index (χ2n) is 4.20. The minimum atomic E-state index is -0.683. The van der Waals surface area contributed by atoms with Crippen LogP contribution in [0.25, 0.3) is 0 Å². The largest absolute Gasteiger partial charge is 0.481 e. The molecule has 0 spiro atoms. The SMILES string of the molecule is CC(C)NC(=S)N1CCC(C(=O)O)CC1. The van der Waals surface area contributed by atoms with E-state index in [1.807, 2.05) is 13.8 Å². The van der Waals surface area contributed by atoms with Gasteiger partial charge in [0.2, 0.25) is 0 Å². The lowest BCUT2D eigenvalue weighted by Crippen LogP contribution is -2.47. The minimum Gasteiger partial charge on any atom is -0.481 e. The van der Waals surface area contributed by atoms with E-state index in [9.17, 15) is 4.79 Å². The highest BCUT2D eigenvalue weighted by molar-refractivity contribution is 7.80. The first-order chi connectivity index (χ1) is 7.00. The van der Waals surface area contributed by atoms with Crippen LogP contribution in [0.15, 0.2) is 0 Å². The summed E-state index contributed by atoms with van der Waals surface area (Å²) >= 11 is 5.22. The molecule has 0 amide bonds. The van der Waals surface area contributed by atoms with Gasteiger partial charge in [0.05, 0.1) is 5.92 Å². The maximum Gasteiger partial charge on any atom is 0.306 e. The molecule has 1 aliphatic rings. The summed E-state index contributed by atoms with van der Waals surface area (Å²) in [5.41, 5.74) is 0. The summed E-state index contributed by atoms with van der Waals surface area (Å²) in [6.45, 7) is 5.57. The number of piperidine rings is 1. The van der Waals surface area contributed by atoms with Crippen molar-refractivity contribution in [2.45, 2.75) is 32.7 Å². The van der Waals surface area contributed by atoms with Crippen LogP contribution in [0.1, 0.15) is 26.7 Å². The second kappa shape index (κ2) is 5.30. The van der Waals surface area contributed by atoms with Crippen LogP contribution in [-0.2, 0) is 4.79 Å². The number of carbonyl (C=O) groups is 1. The number of aliphatic carboxylic acids is 1. The Morgan fingerprint density at radius 2 is 2.00 bits per heavy atom. The Hall–Kier alpha value is -0.840. The van der Waals surface area contributed by atoms with E-state index in [0.29, 0.717) is 18.9 Å². The molecule has 0 saturated carbocycles. The van der Waals surface area contributed by atoms with Gasteiger partial charge in [0.25, 0.3) is 0 Å². The number of carboxylic acids is 1. The zero-order valence-corrected chi connectivity index (χ0v) is 10.0. The molecule has 1 rings (SSSR count). The molecule has 1 aliphatic heterocycles. The fraction of sp³-hybridized carbons (Fsp3) is 0.800. The first-order valence-electron chi connectivity index (χ1n) is 5.29. The van der Waals surface area contributed by atoms with Gasteiger partial charge >= 0.3 is 5.97 Å². The minimum absolute atomic E-state index is 0.192. The predicted octanol–water partition coefficient (Wildman–Crippen LogP) is 1.07. The van der Waals surface area contributed by atoms with Gasteiger partial charge in [0.1, 0.15) is 0 Å². The fourth-order valence-corrected chi connectivity index (χ4v) is 2.09. The molecule has 0 aromatic heterocycles. The van der Waals surface area contributed by atoms with Crippen molar-refractivity contribution in [3.8, 4) is 0 Å². The van der Waals surface area contributed by atoms with Gasteiger partial charge in [-0.15, -0.1) is 0 Å². The Balaban J connectivity index is 2.37. The van der Waals surface area contributed by atoms with E-state index in [2.05, 4.69) is 10.2 Å². The standard InChI is InChI=1S/C10H18N2O2S/c1-7(2)11-10(15)12-5-3-8(4-6-12)9(13)14/h7-8H,3-6H2,1-2H3,(H,11,15)(H,13,14). The van der Waals surface area contributed by atoms with Crippen LogP contribution in [0, 0.1) is 5.92 Å². The zero-order valence-electron chi connectivity index (χ0n) is 9.19. The predicted molar refractivity (Wildman–Crippen MR) is 62.8 cm³/mol. The Labute approximate surface area is 95.6 Å². The molecule has 0 unspecified atom stereocenters. The first-order valence-corrected chi connectivity index (χ1v) is 5.69. The molecule has 5 heteroatoms. The number of hydrogen-bond acceptors (Lipinski definition) is 2.